The first-order valence-electron chi connectivity index (χ1n) is 10.6. The van der Waals surface area contributed by atoms with Crippen LogP contribution in [0, 0.1) is 17.8 Å². The van der Waals surface area contributed by atoms with E-state index in [1.807, 2.05) is 32.9 Å². The summed E-state index contributed by atoms with van der Waals surface area (Å²) < 4.78 is 0. The Hall–Kier alpha value is -1.84. The van der Waals surface area contributed by atoms with E-state index >= 15 is 0 Å². The highest BCUT2D eigenvalue weighted by molar-refractivity contribution is 5.99. The van der Waals surface area contributed by atoms with E-state index in [0.29, 0.717) is 25.7 Å². The Bertz CT molecular complexity index is 654. The third-order valence-corrected chi connectivity index (χ3v) is 5.84. The Kier molecular flexibility index (Phi) is 10.3. The van der Waals surface area contributed by atoms with Crippen molar-refractivity contribution < 1.29 is 19.2 Å². The topological polar surface area (TPSA) is 68.3 Å². The highest BCUT2D eigenvalue weighted by Crippen LogP contribution is 2.32. The zero-order valence-corrected chi connectivity index (χ0v) is 18.2. The molecule has 3 unspecified atom stereocenters. The third-order valence-electron chi connectivity index (χ3n) is 5.84. The van der Waals surface area contributed by atoms with Crippen molar-refractivity contribution in [2.45, 2.75) is 86.0 Å². The van der Waals surface area contributed by atoms with Crippen molar-refractivity contribution in [3.63, 3.8) is 0 Å². The zero-order chi connectivity index (χ0) is 21.3. The van der Waals surface area contributed by atoms with Gasteiger partial charge in [0.15, 0.2) is 0 Å². The van der Waals surface area contributed by atoms with Gasteiger partial charge < -0.3 is 0 Å². The standard InChI is InChI=1S/C24H36O4/c1-6-9-19(22(7-2)24(28)13-18(5)25)14-20-15-21(26)12-17(4)16(3)10-8-11-23(20)27/h8,10,19-20,22H,6-7,9,11-15H2,1-5H3/b10-8-,17-16-. The summed E-state index contributed by atoms with van der Waals surface area (Å²) in [5, 5.41) is 0. The molecule has 0 aliphatic heterocycles. The lowest BCUT2D eigenvalue weighted by Gasteiger charge is -2.28. The molecule has 1 aliphatic carbocycles. The molecule has 1 rings (SSSR count). The number of ketones is 4. The van der Waals surface area contributed by atoms with Gasteiger partial charge in [-0.05, 0) is 46.0 Å². The molecule has 0 aromatic rings. The lowest BCUT2D eigenvalue weighted by molar-refractivity contribution is -0.131. The maximum atomic E-state index is 12.8. The Morgan fingerprint density at radius 3 is 2.43 bits per heavy atom. The predicted octanol–water partition coefficient (Wildman–Crippen LogP) is 5.20. The van der Waals surface area contributed by atoms with Gasteiger partial charge in [0.2, 0.25) is 0 Å². The third kappa shape index (κ3) is 7.65. The lowest BCUT2D eigenvalue weighted by Crippen LogP contribution is -2.29. The van der Waals surface area contributed by atoms with Gasteiger partial charge in [-0.3, -0.25) is 19.2 Å². The van der Waals surface area contributed by atoms with Crippen LogP contribution in [0.5, 0.6) is 0 Å². The van der Waals surface area contributed by atoms with Crippen molar-refractivity contribution in [1.29, 1.82) is 0 Å². The molecular weight excluding hydrogens is 352 g/mol. The smallest absolute Gasteiger partial charge is 0.143 e. The van der Waals surface area contributed by atoms with E-state index in [0.717, 1.165) is 24.0 Å². The second-order valence-corrected chi connectivity index (χ2v) is 8.30. The van der Waals surface area contributed by atoms with Crippen LogP contribution in [0.2, 0.25) is 0 Å². The number of rotatable bonds is 9. The summed E-state index contributed by atoms with van der Waals surface area (Å²) in [6, 6.07) is 0. The fraction of sp³-hybridized carbons (Fsp3) is 0.667. The van der Waals surface area contributed by atoms with Gasteiger partial charge in [0, 0.05) is 31.1 Å². The van der Waals surface area contributed by atoms with E-state index < -0.39 is 0 Å². The summed E-state index contributed by atoms with van der Waals surface area (Å²) in [5.74, 6) is -0.516. The predicted molar refractivity (Wildman–Crippen MR) is 112 cm³/mol. The van der Waals surface area contributed by atoms with Crippen molar-refractivity contribution in [1.82, 2.24) is 0 Å². The molecule has 156 valence electrons. The second kappa shape index (κ2) is 11.9. The summed E-state index contributed by atoms with van der Waals surface area (Å²) >= 11 is 0. The van der Waals surface area contributed by atoms with Crippen LogP contribution in [0.4, 0.5) is 0 Å². The number of carbonyl (C=O) groups excluding carboxylic acids is 4. The maximum absolute atomic E-state index is 12.8. The van der Waals surface area contributed by atoms with Gasteiger partial charge in [-0.25, -0.2) is 0 Å². The molecule has 0 saturated carbocycles. The minimum Gasteiger partial charge on any atom is -0.300 e. The number of Topliss-reactive ketones (excluding diaryl/α,β-unsaturated/α-hetero) is 4. The molecule has 0 bridgehead atoms. The van der Waals surface area contributed by atoms with Gasteiger partial charge >= 0.3 is 0 Å². The average Bonchev–Trinajstić information content (AvgIpc) is 2.60. The summed E-state index contributed by atoms with van der Waals surface area (Å²) in [6.07, 6.45) is 7.66. The van der Waals surface area contributed by atoms with Crippen LogP contribution in [0.3, 0.4) is 0 Å². The molecule has 4 heteroatoms. The minimum atomic E-state index is -0.348. The molecule has 0 N–H and O–H groups in total. The van der Waals surface area contributed by atoms with Crippen molar-refractivity contribution in [3.8, 4) is 0 Å². The molecule has 0 amide bonds. The molecule has 0 heterocycles. The Morgan fingerprint density at radius 2 is 1.86 bits per heavy atom. The first-order chi connectivity index (χ1) is 13.2. The van der Waals surface area contributed by atoms with Gasteiger partial charge in [-0.2, -0.15) is 0 Å². The summed E-state index contributed by atoms with van der Waals surface area (Å²) in [7, 11) is 0. The largest absolute Gasteiger partial charge is 0.300 e. The van der Waals surface area contributed by atoms with E-state index in [-0.39, 0.29) is 53.7 Å². The lowest BCUT2D eigenvalue weighted by atomic mass is 9.74. The van der Waals surface area contributed by atoms with Gasteiger partial charge in [-0.1, -0.05) is 43.6 Å². The molecule has 28 heavy (non-hydrogen) atoms. The van der Waals surface area contributed by atoms with Crippen molar-refractivity contribution in [2.75, 3.05) is 0 Å². The van der Waals surface area contributed by atoms with E-state index in [2.05, 4.69) is 6.92 Å². The van der Waals surface area contributed by atoms with Crippen LogP contribution in [0.25, 0.3) is 0 Å². The van der Waals surface area contributed by atoms with Crippen LogP contribution >= 0.6 is 0 Å². The van der Waals surface area contributed by atoms with Crippen molar-refractivity contribution in [3.05, 3.63) is 23.3 Å². The van der Waals surface area contributed by atoms with E-state index in [1.165, 1.54) is 6.92 Å². The first-order valence-corrected chi connectivity index (χ1v) is 10.6. The van der Waals surface area contributed by atoms with Crippen LogP contribution in [-0.2, 0) is 19.2 Å². The van der Waals surface area contributed by atoms with Gasteiger partial charge in [0.1, 0.15) is 23.1 Å². The molecule has 0 fully saturated rings. The minimum absolute atomic E-state index is 0.0265. The van der Waals surface area contributed by atoms with Gasteiger partial charge in [0.05, 0.1) is 6.42 Å². The molecule has 3 atom stereocenters. The SMILES string of the molecule is CCCC(CC1CC(=O)C/C(C)=C(C)\C=C/CC1=O)C(CC)C(=O)CC(C)=O. The highest BCUT2D eigenvalue weighted by Gasteiger charge is 2.32. The first kappa shape index (κ1) is 24.2. The number of carbonyl (C=O) groups is 4. The summed E-state index contributed by atoms with van der Waals surface area (Å²) in [5.41, 5.74) is 2.09. The zero-order valence-electron chi connectivity index (χ0n) is 18.2. The van der Waals surface area contributed by atoms with Crippen LogP contribution in [-0.4, -0.2) is 23.1 Å². The fourth-order valence-corrected chi connectivity index (χ4v) is 4.19. The maximum Gasteiger partial charge on any atom is 0.143 e. The van der Waals surface area contributed by atoms with E-state index in [4.69, 9.17) is 0 Å². The average molecular weight is 389 g/mol. The quantitative estimate of drug-likeness (QED) is 0.509. The number of hydrogen-bond donors (Lipinski definition) is 0. The Labute approximate surface area is 169 Å². The summed E-state index contributed by atoms with van der Waals surface area (Å²) in [6.45, 7) is 9.39. The second-order valence-electron chi connectivity index (χ2n) is 8.30. The molecular formula is C24H36O4. The Morgan fingerprint density at radius 1 is 1.18 bits per heavy atom. The number of allylic oxidation sites excluding steroid dienone is 4. The monoisotopic (exact) mass is 388 g/mol. The van der Waals surface area contributed by atoms with Crippen LogP contribution < -0.4 is 0 Å². The van der Waals surface area contributed by atoms with Crippen LogP contribution in [0.15, 0.2) is 23.3 Å². The van der Waals surface area contributed by atoms with Gasteiger partial charge in [0.25, 0.3) is 0 Å². The molecule has 0 aromatic carbocycles. The Balaban J connectivity index is 3.04. The van der Waals surface area contributed by atoms with Gasteiger partial charge in [-0.15, -0.1) is 0 Å². The van der Waals surface area contributed by atoms with Crippen LogP contribution in [0.1, 0.15) is 86.0 Å². The highest BCUT2D eigenvalue weighted by atomic mass is 16.2. The van der Waals surface area contributed by atoms with Crippen molar-refractivity contribution in [2.24, 2.45) is 17.8 Å². The fourth-order valence-electron chi connectivity index (χ4n) is 4.19. The number of hydrogen-bond acceptors (Lipinski definition) is 4. The molecule has 0 radical (unpaired) electrons. The molecule has 0 saturated heterocycles. The van der Waals surface area contributed by atoms with E-state index in [9.17, 15) is 19.2 Å². The molecule has 1 aliphatic rings. The normalized spacial score (nSPS) is 24.5. The summed E-state index contributed by atoms with van der Waals surface area (Å²) in [4.78, 5) is 49.4. The molecule has 4 nitrogen and oxygen atoms in total. The molecule has 0 aromatic heterocycles. The van der Waals surface area contributed by atoms with Crippen molar-refractivity contribution >= 4 is 23.1 Å². The molecule has 0 spiro atoms. The van der Waals surface area contributed by atoms with E-state index in [1.54, 1.807) is 0 Å².